The number of anilines is 2. The summed E-state index contributed by atoms with van der Waals surface area (Å²) in [4.78, 5) is 27.0. The Morgan fingerprint density at radius 3 is 2.86 bits per heavy atom. The van der Waals surface area contributed by atoms with Crippen molar-refractivity contribution in [2.45, 2.75) is 18.1 Å². The zero-order valence-electron chi connectivity index (χ0n) is 14.5. The lowest BCUT2D eigenvalue weighted by atomic mass is 10.1. The van der Waals surface area contributed by atoms with Crippen molar-refractivity contribution < 1.29 is 22.7 Å². The number of ether oxygens (including phenoxy) is 1. The summed E-state index contributed by atoms with van der Waals surface area (Å²) >= 11 is 1.06. The second-order valence-electron chi connectivity index (χ2n) is 5.47. The van der Waals surface area contributed by atoms with Crippen molar-refractivity contribution in [1.29, 1.82) is 0 Å². The first-order valence-electron chi connectivity index (χ1n) is 8.01. The molecule has 0 bridgehead atoms. The van der Waals surface area contributed by atoms with E-state index in [1.807, 2.05) is 0 Å². The van der Waals surface area contributed by atoms with Crippen molar-refractivity contribution in [1.82, 2.24) is 19.9 Å². The molecule has 0 aliphatic rings. The number of nitrogens with two attached hydrogens (primary N) is 1. The molecular formula is C16H15F3N6O2S. The van der Waals surface area contributed by atoms with Crippen LogP contribution in [0.5, 0.6) is 5.75 Å². The van der Waals surface area contributed by atoms with E-state index < -0.39 is 17.6 Å². The van der Waals surface area contributed by atoms with Crippen LogP contribution in [0, 0.1) is 0 Å². The third-order valence-corrected chi connectivity index (χ3v) is 4.45. The summed E-state index contributed by atoms with van der Waals surface area (Å²) < 4.78 is 44.5. The first-order chi connectivity index (χ1) is 13.3. The standard InChI is InChI=1S/C16H15F3N6O2S/c1-2-27-10-4-3-8(5-9(10)16(17,18)19)23-11(26)6-28-14-12-13(22-7-21-12)24-15(20)25-14/h3-5,7H,2,6H2,1H3,(H,23,26)(H3,20,21,22,24,25). The zero-order chi connectivity index (χ0) is 20.3. The maximum atomic E-state index is 13.2. The van der Waals surface area contributed by atoms with Gasteiger partial charge in [0.05, 0.1) is 24.3 Å². The van der Waals surface area contributed by atoms with Gasteiger partial charge in [0.2, 0.25) is 11.9 Å². The molecule has 0 saturated carbocycles. The molecule has 0 fully saturated rings. The number of carbonyl (C=O) groups is 1. The molecule has 0 spiro atoms. The van der Waals surface area contributed by atoms with E-state index in [4.69, 9.17) is 10.5 Å². The van der Waals surface area contributed by atoms with E-state index in [0.29, 0.717) is 16.2 Å². The minimum absolute atomic E-state index is 0.00356. The molecule has 0 radical (unpaired) electrons. The van der Waals surface area contributed by atoms with E-state index >= 15 is 0 Å². The molecular weight excluding hydrogens is 397 g/mol. The third-order valence-electron chi connectivity index (χ3n) is 3.48. The molecule has 2 heterocycles. The number of imidazole rings is 1. The average Bonchev–Trinajstić information content (AvgIpc) is 3.08. The molecule has 148 valence electrons. The van der Waals surface area contributed by atoms with Crippen LogP contribution in [0.2, 0.25) is 0 Å². The van der Waals surface area contributed by atoms with Gasteiger partial charge >= 0.3 is 6.18 Å². The Kier molecular flexibility index (Phi) is 5.58. The summed E-state index contributed by atoms with van der Waals surface area (Å²) in [6.45, 7) is 1.68. The van der Waals surface area contributed by atoms with Crippen LogP contribution in [-0.2, 0) is 11.0 Å². The Morgan fingerprint density at radius 2 is 2.14 bits per heavy atom. The van der Waals surface area contributed by atoms with Gasteiger partial charge in [0.25, 0.3) is 0 Å². The van der Waals surface area contributed by atoms with Crippen LogP contribution in [0.25, 0.3) is 11.2 Å². The molecule has 0 atom stereocenters. The third kappa shape index (κ3) is 4.44. The number of fused-ring (bicyclic) bond motifs is 1. The fourth-order valence-corrected chi connectivity index (χ4v) is 3.16. The Labute approximate surface area is 161 Å². The number of H-pyrrole nitrogens is 1. The van der Waals surface area contributed by atoms with E-state index in [1.165, 1.54) is 18.5 Å². The van der Waals surface area contributed by atoms with Crippen LogP contribution in [0.15, 0.2) is 29.6 Å². The van der Waals surface area contributed by atoms with Crippen LogP contribution in [0.4, 0.5) is 24.8 Å². The van der Waals surface area contributed by atoms with Gasteiger partial charge in [-0.1, -0.05) is 11.8 Å². The molecule has 0 saturated heterocycles. The molecule has 12 heteroatoms. The number of hydrogen-bond donors (Lipinski definition) is 3. The summed E-state index contributed by atoms with van der Waals surface area (Å²) in [6.07, 6.45) is -3.19. The number of amides is 1. The number of aromatic nitrogens is 4. The molecule has 1 aromatic carbocycles. The largest absolute Gasteiger partial charge is 0.493 e. The maximum Gasteiger partial charge on any atom is 0.420 e. The van der Waals surface area contributed by atoms with Gasteiger partial charge in [0, 0.05) is 5.69 Å². The lowest BCUT2D eigenvalue weighted by molar-refractivity contribution is -0.138. The highest BCUT2D eigenvalue weighted by atomic mass is 32.2. The Bertz CT molecular complexity index is 1010. The second-order valence-corrected chi connectivity index (χ2v) is 6.43. The number of thioether (sulfide) groups is 1. The summed E-state index contributed by atoms with van der Waals surface area (Å²) in [5, 5.41) is 2.85. The number of aromatic amines is 1. The number of nitrogen functional groups attached to an aromatic ring is 1. The first-order valence-corrected chi connectivity index (χ1v) is 8.99. The van der Waals surface area contributed by atoms with Gasteiger partial charge in [-0.3, -0.25) is 4.79 Å². The van der Waals surface area contributed by atoms with Crippen LogP contribution in [0.1, 0.15) is 12.5 Å². The molecule has 0 aliphatic heterocycles. The van der Waals surface area contributed by atoms with Crippen LogP contribution >= 0.6 is 11.8 Å². The minimum Gasteiger partial charge on any atom is -0.493 e. The Morgan fingerprint density at radius 1 is 1.36 bits per heavy atom. The van der Waals surface area contributed by atoms with Crippen molar-refractivity contribution in [3.63, 3.8) is 0 Å². The van der Waals surface area contributed by atoms with Crippen molar-refractivity contribution in [2.75, 3.05) is 23.4 Å². The quantitative estimate of drug-likeness (QED) is 0.420. The summed E-state index contributed by atoms with van der Waals surface area (Å²) in [6, 6.07) is 3.36. The van der Waals surface area contributed by atoms with Crippen molar-refractivity contribution in [2.24, 2.45) is 0 Å². The number of halogens is 3. The topological polar surface area (TPSA) is 119 Å². The Hall–Kier alpha value is -3.02. The van der Waals surface area contributed by atoms with E-state index in [9.17, 15) is 18.0 Å². The van der Waals surface area contributed by atoms with Crippen molar-refractivity contribution in [3.8, 4) is 5.75 Å². The predicted molar refractivity (Wildman–Crippen MR) is 98.1 cm³/mol. The number of benzene rings is 1. The maximum absolute atomic E-state index is 13.2. The highest BCUT2D eigenvalue weighted by Crippen LogP contribution is 2.38. The van der Waals surface area contributed by atoms with Gasteiger partial charge < -0.3 is 20.8 Å². The van der Waals surface area contributed by atoms with Crippen LogP contribution in [0.3, 0.4) is 0 Å². The van der Waals surface area contributed by atoms with Crippen molar-refractivity contribution in [3.05, 3.63) is 30.1 Å². The molecule has 1 amide bonds. The summed E-state index contributed by atoms with van der Waals surface area (Å²) in [5.74, 6) is -0.893. The molecule has 2 aromatic heterocycles. The second kappa shape index (κ2) is 7.92. The zero-order valence-corrected chi connectivity index (χ0v) is 15.3. The lowest BCUT2D eigenvalue weighted by Crippen LogP contribution is -2.16. The molecule has 0 aliphatic carbocycles. The molecule has 28 heavy (non-hydrogen) atoms. The van der Waals surface area contributed by atoms with E-state index in [1.54, 1.807) is 6.92 Å². The number of carbonyl (C=O) groups excluding carboxylic acids is 1. The normalized spacial score (nSPS) is 11.6. The number of rotatable bonds is 6. The van der Waals surface area contributed by atoms with Crippen LogP contribution < -0.4 is 15.8 Å². The summed E-state index contributed by atoms with van der Waals surface area (Å²) in [7, 11) is 0. The molecule has 4 N–H and O–H groups in total. The number of nitrogens with one attached hydrogen (secondary N) is 2. The highest BCUT2D eigenvalue weighted by molar-refractivity contribution is 8.00. The predicted octanol–water partition coefficient (Wildman–Crippen LogP) is 3.08. The highest BCUT2D eigenvalue weighted by Gasteiger charge is 2.34. The number of nitrogens with zero attached hydrogens (tertiary/aromatic N) is 3. The fraction of sp³-hybridized carbons (Fsp3) is 0.250. The molecule has 8 nitrogen and oxygen atoms in total. The van der Waals surface area contributed by atoms with Crippen molar-refractivity contribution >= 4 is 40.5 Å². The molecule has 3 rings (SSSR count). The molecule has 3 aromatic rings. The average molecular weight is 412 g/mol. The SMILES string of the molecule is CCOc1ccc(NC(=O)CSc2nc(N)nc3nc[nH]c23)cc1C(F)(F)F. The number of hydrogen-bond acceptors (Lipinski definition) is 7. The smallest absolute Gasteiger partial charge is 0.420 e. The first kappa shape index (κ1) is 19.7. The van der Waals surface area contributed by atoms with Gasteiger partial charge in [-0.15, -0.1) is 0 Å². The van der Waals surface area contributed by atoms with E-state index in [-0.39, 0.29) is 29.7 Å². The monoisotopic (exact) mass is 412 g/mol. The van der Waals surface area contributed by atoms with E-state index in [0.717, 1.165) is 17.8 Å². The van der Waals surface area contributed by atoms with Crippen LogP contribution in [-0.4, -0.2) is 38.2 Å². The van der Waals surface area contributed by atoms with Gasteiger partial charge in [0.1, 0.15) is 16.3 Å². The molecule has 0 unspecified atom stereocenters. The lowest BCUT2D eigenvalue weighted by Gasteiger charge is -2.15. The van der Waals surface area contributed by atoms with Gasteiger partial charge in [-0.2, -0.15) is 18.2 Å². The fourth-order valence-electron chi connectivity index (χ4n) is 2.37. The minimum atomic E-state index is -4.61. The summed E-state index contributed by atoms with van der Waals surface area (Å²) in [5.41, 5.74) is 5.53. The van der Waals surface area contributed by atoms with Gasteiger partial charge in [0.15, 0.2) is 5.65 Å². The van der Waals surface area contributed by atoms with E-state index in [2.05, 4.69) is 25.3 Å². The van der Waals surface area contributed by atoms with Gasteiger partial charge in [-0.05, 0) is 25.1 Å². The Balaban J connectivity index is 1.71. The van der Waals surface area contributed by atoms with Gasteiger partial charge in [-0.25, -0.2) is 9.97 Å². The number of alkyl halides is 3.